The standard InChI is InChI=1S/C15H25NO3/c1-3-4-9-19-15-7-5-13(6-8-15)10-16-14(11-17)12-18-2/h5-8,14,16-17H,3-4,9-12H2,1-2H3. The molecule has 19 heavy (non-hydrogen) atoms. The summed E-state index contributed by atoms with van der Waals surface area (Å²) in [6.45, 7) is 4.22. The lowest BCUT2D eigenvalue weighted by Crippen LogP contribution is -2.35. The Labute approximate surface area is 115 Å². The van der Waals surface area contributed by atoms with Gasteiger partial charge in [-0.25, -0.2) is 0 Å². The summed E-state index contributed by atoms with van der Waals surface area (Å²) in [6.07, 6.45) is 2.22. The Morgan fingerprint density at radius 1 is 1.26 bits per heavy atom. The van der Waals surface area contributed by atoms with Crippen molar-refractivity contribution in [2.24, 2.45) is 0 Å². The van der Waals surface area contributed by atoms with Crippen molar-refractivity contribution in [3.05, 3.63) is 29.8 Å². The highest BCUT2D eigenvalue weighted by atomic mass is 16.5. The van der Waals surface area contributed by atoms with Crippen LogP contribution in [0.15, 0.2) is 24.3 Å². The van der Waals surface area contributed by atoms with Crippen LogP contribution in [0.4, 0.5) is 0 Å². The number of benzene rings is 1. The first-order valence-corrected chi connectivity index (χ1v) is 6.85. The van der Waals surface area contributed by atoms with Gasteiger partial charge in [-0.15, -0.1) is 0 Å². The van der Waals surface area contributed by atoms with Crippen molar-refractivity contribution in [1.82, 2.24) is 5.32 Å². The summed E-state index contributed by atoms with van der Waals surface area (Å²) < 4.78 is 10.6. The molecule has 4 nitrogen and oxygen atoms in total. The number of hydrogen-bond acceptors (Lipinski definition) is 4. The van der Waals surface area contributed by atoms with E-state index in [0.29, 0.717) is 13.2 Å². The average molecular weight is 267 g/mol. The lowest BCUT2D eigenvalue weighted by Gasteiger charge is -2.15. The van der Waals surface area contributed by atoms with Gasteiger partial charge in [-0.2, -0.15) is 0 Å². The molecule has 0 heterocycles. The van der Waals surface area contributed by atoms with Gasteiger partial charge in [0.15, 0.2) is 0 Å². The maximum absolute atomic E-state index is 9.14. The van der Waals surface area contributed by atoms with Crippen molar-refractivity contribution in [2.75, 3.05) is 26.9 Å². The van der Waals surface area contributed by atoms with Crippen molar-refractivity contribution < 1.29 is 14.6 Å². The quantitative estimate of drug-likeness (QED) is 0.636. The molecular formula is C15H25NO3. The topological polar surface area (TPSA) is 50.7 Å². The Hall–Kier alpha value is -1.10. The van der Waals surface area contributed by atoms with Gasteiger partial charge in [0.05, 0.1) is 25.9 Å². The first-order valence-electron chi connectivity index (χ1n) is 6.85. The molecule has 0 aliphatic carbocycles. The largest absolute Gasteiger partial charge is 0.494 e. The summed E-state index contributed by atoms with van der Waals surface area (Å²) in [5.74, 6) is 0.910. The van der Waals surface area contributed by atoms with E-state index in [-0.39, 0.29) is 12.6 Å². The highest BCUT2D eigenvalue weighted by molar-refractivity contribution is 5.27. The van der Waals surface area contributed by atoms with Crippen molar-refractivity contribution in [2.45, 2.75) is 32.4 Å². The highest BCUT2D eigenvalue weighted by Crippen LogP contribution is 2.12. The van der Waals surface area contributed by atoms with E-state index in [1.54, 1.807) is 7.11 Å². The maximum atomic E-state index is 9.14. The van der Waals surface area contributed by atoms with Crippen molar-refractivity contribution in [3.8, 4) is 5.75 Å². The van der Waals surface area contributed by atoms with E-state index < -0.39 is 0 Å². The van der Waals surface area contributed by atoms with Crippen LogP contribution >= 0.6 is 0 Å². The zero-order valence-corrected chi connectivity index (χ0v) is 11.9. The summed E-state index contributed by atoms with van der Waals surface area (Å²) in [6, 6.07) is 8.02. The van der Waals surface area contributed by atoms with E-state index in [1.165, 1.54) is 0 Å². The van der Waals surface area contributed by atoms with Crippen LogP contribution in [0.2, 0.25) is 0 Å². The summed E-state index contributed by atoms with van der Waals surface area (Å²) in [5, 5.41) is 12.4. The monoisotopic (exact) mass is 267 g/mol. The fraction of sp³-hybridized carbons (Fsp3) is 0.600. The van der Waals surface area contributed by atoms with E-state index in [4.69, 9.17) is 14.6 Å². The molecule has 1 atom stereocenters. The van der Waals surface area contributed by atoms with Crippen LogP contribution in [0, 0.1) is 0 Å². The molecule has 1 aromatic rings. The van der Waals surface area contributed by atoms with E-state index in [0.717, 1.165) is 30.8 Å². The molecule has 0 amide bonds. The van der Waals surface area contributed by atoms with Gasteiger partial charge in [-0.05, 0) is 24.1 Å². The van der Waals surface area contributed by atoms with Gasteiger partial charge in [-0.1, -0.05) is 25.5 Å². The zero-order valence-electron chi connectivity index (χ0n) is 11.9. The minimum Gasteiger partial charge on any atom is -0.494 e. The van der Waals surface area contributed by atoms with Crippen LogP contribution in [0.3, 0.4) is 0 Å². The minimum atomic E-state index is -0.0227. The van der Waals surface area contributed by atoms with E-state index in [1.807, 2.05) is 24.3 Å². The molecule has 1 rings (SSSR count). The van der Waals surface area contributed by atoms with Crippen LogP contribution < -0.4 is 10.1 Å². The summed E-state index contributed by atoms with van der Waals surface area (Å²) >= 11 is 0. The Morgan fingerprint density at radius 3 is 2.58 bits per heavy atom. The summed E-state index contributed by atoms with van der Waals surface area (Å²) in [7, 11) is 1.63. The van der Waals surface area contributed by atoms with Crippen LogP contribution in [0.5, 0.6) is 5.75 Å². The molecule has 1 unspecified atom stereocenters. The summed E-state index contributed by atoms with van der Waals surface area (Å²) in [5.41, 5.74) is 1.16. The van der Waals surface area contributed by atoms with Gasteiger partial charge in [0.2, 0.25) is 0 Å². The molecular weight excluding hydrogens is 242 g/mol. The predicted molar refractivity (Wildman–Crippen MR) is 76.4 cm³/mol. The van der Waals surface area contributed by atoms with E-state index in [2.05, 4.69) is 12.2 Å². The number of hydrogen-bond donors (Lipinski definition) is 2. The van der Waals surface area contributed by atoms with Crippen LogP contribution in [0.1, 0.15) is 25.3 Å². The first kappa shape index (κ1) is 16.0. The van der Waals surface area contributed by atoms with E-state index >= 15 is 0 Å². The van der Waals surface area contributed by atoms with E-state index in [9.17, 15) is 0 Å². The second-order valence-corrected chi connectivity index (χ2v) is 4.56. The molecule has 108 valence electrons. The Morgan fingerprint density at radius 2 is 2.00 bits per heavy atom. The maximum Gasteiger partial charge on any atom is 0.119 e. The second-order valence-electron chi connectivity index (χ2n) is 4.56. The van der Waals surface area contributed by atoms with Crippen molar-refractivity contribution in [3.63, 3.8) is 0 Å². The predicted octanol–water partition coefficient (Wildman–Crippen LogP) is 1.96. The Bertz CT molecular complexity index is 327. The zero-order chi connectivity index (χ0) is 13.9. The van der Waals surface area contributed by atoms with Gasteiger partial charge < -0.3 is 19.9 Å². The van der Waals surface area contributed by atoms with Crippen LogP contribution in [0.25, 0.3) is 0 Å². The highest BCUT2D eigenvalue weighted by Gasteiger charge is 2.05. The number of aliphatic hydroxyl groups excluding tert-OH is 1. The number of rotatable bonds is 10. The minimum absolute atomic E-state index is 0.0227. The molecule has 0 saturated carbocycles. The number of unbranched alkanes of at least 4 members (excludes halogenated alkanes) is 1. The van der Waals surface area contributed by atoms with Gasteiger partial charge in [-0.3, -0.25) is 0 Å². The Balaban J connectivity index is 2.34. The lowest BCUT2D eigenvalue weighted by molar-refractivity contribution is 0.128. The molecule has 1 aromatic carbocycles. The fourth-order valence-corrected chi connectivity index (χ4v) is 1.68. The average Bonchev–Trinajstić information content (AvgIpc) is 2.45. The van der Waals surface area contributed by atoms with Gasteiger partial charge in [0.1, 0.15) is 5.75 Å². The number of aliphatic hydroxyl groups is 1. The molecule has 0 aliphatic rings. The SMILES string of the molecule is CCCCOc1ccc(CNC(CO)COC)cc1. The van der Waals surface area contributed by atoms with Crippen LogP contribution in [-0.2, 0) is 11.3 Å². The fourth-order valence-electron chi connectivity index (χ4n) is 1.68. The van der Waals surface area contributed by atoms with Gasteiger partial charge in [0.25, 0.3) is 0 Å². The summed E-state index contributed by atoms with van der Waals surface area (Å²) in [4.78, 5) is 0. The lowest BCUT2D eigenvalue weighted by atomic mass is 10.2. The first-order chi connectivity index (χ1) is 9.30. The number of ether oxygens (including phenoxy) is 2. The molecule has 0 bridgehead atoms. The molecule has 0 radical (unpaired) electrons. The Kier molecular flexibility index (Phi) is 8.21. The van der Waals surface area contributed by atoms with Crippen molar-refractivity contribution >= 4 is 0 Å². The number of nitrogens with one attached hydrogen (secondary N) is 1. The molecule has 4 heteroatoms. The third-order valence-electron chi connectivity index (χ3n) is 2.87. The second kappa shape index (κ2) is 9.78. The smallest absolute Gasteiger partial charge is 0.119 e. The molecule has 0 aromatic heterocycles. The number of methoxy groups -OCH3 is 1. The molecule has 0 fully saturated rings. The van der Waals surface area contributed by atoms with Gasteiger partial charge >= 0.3 is 0 Å². The van der Waals surface area contributed by atoms with Gasteiger partial charge in [0, 0.05) is 13.7 Å². The molecule has 0 aliphatic heterocycles. The third-order valence-corrected chi connectivity index (χ3v) is 2.87. The van der Waals surface area contributed by atoms with Crippen LogP contribution in [-0.4, -0.2) is 38.1 Å². The molecule has 0 saturated heterocycles. The third kappa shape index (κ3) is 6.57. The normalized spacial score (nSPS) is 12.4. The van der Waals surface area contributed by atoms with Crippen molar-refractivity contribution in [1.29, 1.82) is 0 Å². The molecule has 2 N–H and O–H groups in total. The molecule has 0 spiro atoms.